The van der Waals surface area contributed by atoms with Crippen LogP contribution in [0.3, 0.4) is 0 Å². The van der Waals surface area contributed by atoms with E-state index in [1.54, 1.807) is 20.3 Å². The van der Waals surface area contributed by atoms with Crippen LogP contribution in [0.15, 0.2) is 42.5 Å². The molecule has 0 aliphatic heterocycles. The van der Waals surface area contributed by atoms with Crippen molar-refractivity contribution in [2.45, 2.75) is 13.0 Å². The van der Waals surface area contributed by atoms with Crippen LogP contribution in [0.5, 0.6) is 11.5 Å². The van der Waals surface area contributed by atoms with Crippen molar-refractivity contribution in [1.82, 2.24) is 0 Å². The second kappa shape index (κ2) is 6.67. The molecule has 0 radical (unpaired) electrons. The van der Waals surface area contributed by atoms with Gasteiger partial charge in [-0.1, -0.05) is 12.1 Å². The Balaban J connectivity index is 2.35. The number of anilines is 1. The summed E-state index contributed by atoms with van der Waals surface area (Å²) in [5, 5.41) is 12.7. The Morgan fingerprint density at radius 1 is 1.10 bits per heavy atom. The number of nitrogens with one attached hydrogen (secondary N) is 1. The minimum Gasteiger partial charge on any atom is -0.497 e. The molecule has 4 heteroatoms. The van der Waals surface area contributed by atoms with Crippen molar-refractivity contribution in [3.05, 3.63) is 53.6 Å². The summed E-state index contributed by atoms with van der Waals surface area (Å²) < 4.78 is 10.6. The van der Waals surface area contributed by atoms with E-state index in [1.807, 2.05) is 43.3 Å². The first kappa shape index (κ1) is 14.7. The number of nitriles is 1. The molecule has 0 heterocycles. The summed E-state index contributed by atoms with van der Waals surface area (Å²) in [5.74, 6) is 1.35. The summed E-state index contributed by atoms with van der Waals surface area (Å²) in [4.78, 5) is 0. The van der Waals surface area contributed by atoms with Crippen LogP contribution in [0.25, 0.3) is 0 Å². The van der Waals surface area contributed by atoms with Crippen LogP contribution in [-0.2, 0) is 0 Å². The molecule has 0 fully saturated rings. The van der Waals surface area contributed by atoms with Crippen LogP contribution >= 0.6 is 0 Å². The molecule has 0 aliphatic rings. The average Bonchev–Trinajstić information content (AvgIpc) is 2.52. The predicted molar refractivity (Wildman–Crippen MR) is 82.7 cm³/mol. The highest BCUT2D eigenvalue weighted by Gasteiger charge is 2.16. The molecule has 108 valence electrons. The molecule has 0 bridgehead atoms. The van der Waals surface area contributed by atoms with Crippen molar-refractivity contribution in [2.75, 3.05) is 19.5 Å². The lowest BCUT2D eigenvalue weighted by molar-refractivity contribution is 0.398. The second-order valence-electron chi connectivity index (χ2n) is 4.68. The Hall–Kier alpha value is -2.67. The lowest BCUT2D eigenvalue weighted by Gasteiger charge is -2.17. The van der Waals surface area contributed by atoms with Gasteiger partial charge in [0, 0.05) is 11.3 Å². The summed E-state index contributed by atoms with van der Waals surface area (Å²) in [6, 6.07) is 15.1. The van der Waals surface area contributed by atoms with E-state index in [0.717, 1.165) is 16.8 Å². The maximum absolute atomic E-state index is 9.48. The number of nitrogens with zero attached hydrogens (tertiary/aromatic N) is 1. The van der Waals surface area contributed by atoms with Gasteiger partial charge in [-0.05, 0) is 42.8 Å². The number of methoxy groups -OCH3 is 2. The number of ether oxygens (including phenoxy) is 2. The molecule has 0 aliphatic carbocycles. The monoisotopic (exact) mass is 282 g/mol. The average molecular weight is 282 g/mol. The van der Waals surface area contributed by atoms with Crippen molar-refractivity contribution in [1.29, 1.82) is 5.26 Å². The first-order chi connectivity index (χ1) is 10.2. The number of aryl methyl sites for hydroxylation is 1. The highest BCUT2D eigenvalue weighted by molar-refractivity contribution is 5.53. The Morgan fingerprint density at radius 2 is 1.90 bits per heavy atom. The van der Waals surface area contributed by atoms with Crippen molar-refractivity contribution in [3.8, 4) is 17.6 Å². The van der Waals surface area contributed by atoms with E-state index in [1.165, 1.54) is 0 Å². The summed E-state index contributed by atoms with van der Waals surface area (Å²) in [5.41, 5.74) is 2.78. The maximum Gasteiger partial charge on any atom is 0.143 e. The summed E-state index contributed by atoms with van der Waals surface area (Å²) in [6.07, 6.45) is 0. The number of benzene rings is 2. The largest absolute Gasteiger partial charge is 0.497 e. The molecule has 0 saturated heterocycles. The van der Waals surface area contributed by atoms with E-state index in [4.69, 9.17) is 9.47 Å². The van der Waals surface area contributed by atoms with Gasteiger partial charge < -0.3 is 14.8 Å². The Bertz CT molecular complexity index is 662. The lowest BCUT2D eigenvalue weighted by Crippen LogP contribution is -2.10. The van der Waals surface area contributed by atoms with E-state index >= 15 is 0 Å². The van der Waals surface area contributed by atoms with Crippen LogP contribution in [0, 0.1) is 18.3 Å². The molecular weight excluding hydrogens is 264 g/mol. The Morgan fingerprint density at radius 3 is 2.52 bits per heavy atom. The van der Waals surface area contributed by atoms with Gasteiger partial charge in [0.2, 0.25) is 0 Å². The summed E-state index contributed by atoms with van der Waals surface area (Å²) in [7, 11) is 3.19. The van der Waals surface area contributed by atoms with Crippen LogP contribution < -0.4 is 14.8 Å². The highest BCUT2D eigenvalue weighted by atomic mass is 16.5. The highest BCUT2D eigenvalue weighted by Crippen LogP contribution is 2.31. The van der Waals surface area contributed by atoms with Gasteiger partial charge in [-0.25, -0.2) is 0 Å². The fourth-order valence-electron chi connectivity index (χ4n) is 2.15. The predicted octanol–water partition coefficient (Wildman–Crippen LogP) is 3.69. The smallest absolute Gasteiger partial charge is 0.143 e. The third-order valence-electron chi connectivity index (χ3n) is 3.21. The fraction of sp³-hybridized carbons (Fsp3) is 0.235. The molecule has 0 spiro atoms. The first-order valence-electron chi connectivity index (χ1n) is 6.62. The minimum absolute atomic E-state index is 0.517. The van der Waals surface area contributed by atoms with E-state index in [0.29, 0.717) is 11.5 Å². The van der Waals surface area contributed by atoms with Gasteiger partial charge in [-0.15, -0.1) is 0 Å². The summed E-state index contributed by atoms with van der Waals surface area (Å²) >= 11 is 0. The van der Waals surface area contributed by atoms with Gasteiger partial charge in [0.05, 0.1) is 20.3 Å². The zero-order valence-corrected chi connectivity index (χ0v) is 12.4. The Labute approximate surface area is 124 Å². The summed E-state index contributed by atoms with van der Waals surface area (Å²) in [6.45, 7) is 2.01. The Kier molecular flexibility index (Phi) is 4.68. The third kappa shape index (κ3) is 3.46. The number of hydrogen-bond acceptors (Lipinski definition) is 4. The molecule has 1 unspecified atom stereocenters. The van der Waals surface area contributed by atoms with Gasteiger partial charge in [0.1, 0.15) is 17.5 Å². The van der Waals surface area contributed by atoms with E-state index in [-0.39, 0.29) is 0 Å². The minimum atomic E-state index is -0.517. The molecule has 2 aromatic rings. The maximum atomic E-state index is 9.48. The van der Waals surface area contributed by atoms with E-state index in [2.05, 4.69) is 11.4 Å². The molecule has 1 atom stereocenters. The second-order valence-corrected chi connectivity index (χ2v) is 4.68. The molecule has 1 N–H and O–H groups in total. The van der Waals surface area contributed by atoms with Crippen LogP contribution in [0.4, 0.5) is 5.69 Å². The van der Waals surface area contributed by atoms with Crippen molar-refractivity contribution in [2.24, 2.45) is 0 Å². The van der Waals surface area contributed by atoms with Crippen molar-refractivity contribution in [3.63, 3.8) is 0 Å². The normalized spacial score (nSPS) is 11.3. The van der Waals surface area contributed by atoms with Crippen molar-refractivity contribution < 1.29 is 9.47 Å². The fourth-order valence-corrected chi connectivity index (χ4v) is 2.15. The van der Waals surface area contributed by atoms with Gasteiger partial charge in [-0.2, -0.15) is 5.26 Å². The van der Waals surface area contributed by atoms with E-state index < -0.39 is 6.04 Å². The van der Waals surface area contributed by atoms with E-state index in [9.17, 15) is 5.26 Å². The number of hydrogen-bond donors (Lipinski definition) is 1. The van der Waals surface area contributed by atoms with Gasteiger partial charge in [0.25, 0.3) is 0 Å². The molecule has 0 amide bonds. The molecule has 0 saturated carbocycles. The topological polar surface area (TPSA) is 54.3 Å². The van der Waals surface area contributed by atoms with Gasteiger partial charge in [-0.3, -0.25) is 0 Å². The molecule has 2 rings (SSSR count). The zero-order valence-electron chi connectivity index (χ0n) is 12.4. The SMILES string of the molecule is COc1ccc(OC)c(C(C#N)Nc2cccc(C)c2)c1. The van der Waals surface area contributed by atoms with Crippen LogP contribution in [0.1, 0.15) is 17.2 Å². The number of rotatable bonds is 5. The van der Waals surface area contributed by atoms with Crippen LogP contribution in [-0.4, -0.2) is 14.2 Å². The standard InChI is InChI=1S/C17H18N2O2/c1-12-5-4-6-13(9-12)19-16(11-18)15-10-14(20-2)7-8-17(15)21-3/h4-10,16,19H,1-3H3. The molecule has 21 heavy (non-hydrogen) atoms. The quantitative estimate of drug-likeness (QED) is 0.908. The van der Waals surface area contributed by atoms with Crippen LogP contribution in [0.2, 0.25) is 0 Å². The molecule has 4 nitrogen and oxygen atoms in total. The lowest BCUT2D eigenvalue weighted by atomic mass is 10.1. The zero-order chi connectivity index (χ0) is 15.2. The molecular formula is C17H18N2O2. The first-order valence-corrected chi connectivity index (χ1v) is 6.62. The third-order valence-corrected chi connectivity index (χ3v) is 3.21. The van der Waals surface area contributed by atoms with Gasteiger partial charge >= 0.3 is 0 Å². The van der Waals surface area contributed by atoms with Gasteiger partial charge in [0.15, 0.2) is 0 Å². The molecule has 0 aromatic heterocycles. The van der Waals surface area contributed by atoms with Crippen molar-refractivity contribution >= 4 is 5.69 Å². The molecule has 2 aromatic carbocycles.